The van der Waals surface area contributed by atoms with E-state index in [0.717, 1.165) is 19.3 Å². The van der Waals surface area contributed by atoms with Crippen molar-refractivity contribution in [3.8, 4) is 0 Å². The van der Waals surface area contributed by atoms with Crippen LogP contribution in [0.1, 0.15) is 71.6 Å². The van der Waals surface area contributed by atoms with E-state index in [2.05, 4.69) is 12.2 Å². The molecule has 3 atom stereocenters. The summed E-state index contributed by atoms with van der Waals surface area (Å²) in [6.07, 6.45) is 9.84. The second kappa shape index (κ2) is 11.5. The molecule has 0 radical (unpaired) electrons. The van der Waals surface area contributed by atoms with Crippen molar-refractivity contribution in [1.82, 2.24) is 5.32 Å². The molecule has 0 aliphatic heterocycles. The van der Waals surface area contributed by atoms with Crippen LogP contribution in [0.4, 0.5) is 0 Å². The molecule has 4 nitrogen and oxygen atoms in total. The normalized spacial score (nSPS) is 23.5. The summed E-state index contributed by atoms with van der Waals surface area (Å²) in [7, 11) is 0. The zero-order valence-electron chi connectivity index (χ0n) is 15.2. The van der Waals surface area contributed by atoms with Crippen molar-refractivity contribution >= 4 is 46.7 Å². The average molecular weight is 415 g/mol. The summed E-state index contributed by atoms with van der Waals surface area (Å²) in [4.78, 5) is 24.4. The number of unbranched alkanes of at least 4 members (excludes halogenated alkanes) is 5. The summed E-state index contributed by atoms with van der Waals surface area (Å²) < 4.78 is 3.21. The first kappa shape index (κ1) is 22.9. The lowest BCUT2D eigenvalue weighted by molar-refractivity contribution is -0.150. The Kier molecular flexibility index (Phi) is 10.5. The third kappa shape index (κ3) is 7.92. The summed E-state index contributed by atoms with van der Waals surface area (Å²) in [6.45, 7) is 4.31. The number of halogens is 3. The van der Waals surface area contributed by atoms with Gasteiger partial charge >= 0.3 is 5.97 Å². The second-order valence-corrected chi connectivity index (χ2v) is 9.03. The summed E-state index contributed by atoms with van der Waals surface area (Å²) in [5.41, 5.74) is 0. The molecule has 0 aromatic rings. The van der Waals surface area contributed by atoms with Crippen molar-refractivity contribution < 1.29 is 14.3 Å². The summed E-state index contributed by atoms with van der Waals surface area (Å²) in [5, 5.41) is 2.72. The Balaban J connectivity index is 2.59. The first-order chi connectivity index (χ1) is 11.8. The van der Waals surface area contributed by atoms with Crippen LogP contribution in [-0.4, -0.2) is 28.3 Å². The number of amides is 1. The van der Waals surface area contributed by atoms with Gasteiger partial charge in [0.2, 0.25) is 0 Å². The Labute approximate surface area is 166 Å². The highest BCUT2D eigenvalue weighted by atomic mass is 35.6. The molecule has 1 rings (SSSR count). The van der Waals surface area contributed by atoms with Gasteiger partial charge in [-0.2, -0.15) is 0 Å². The van der Waals surface area contributed by atoms with Gasteiger partial charge < -0.3 is 10.1 Å². The molecule has 0 aromatic carbocycles. The zero-order chi connectivity index (χ0) is 18.9. The number of rotatable bonds is 10. The molecule has 0 bridgehead atoms. The number of ether oxygens (including phenoxy) is 1. The highest BCUT2D eigenvalue weighted by Crippen LogP contribution is 2.38. The predicted octanol–water partition coefficient (Wildman–Crippen LogP) is 5.18. The fraction of sp³-hybridized carbons (Fsp3) is 0.889. The molecule has 0 spiro atoms. The van der Waals surface area contributed by atoms with Gasteiger partial charge in [-0.05, 0) is 32.1 Å². The Bertz CT molecular complexity index is 426. The number of nitrogens with one attached hydrogen (secondary N) is 1. The van der Waals surface area contributed by atoms with E-state index in [-0.39, 0.29) is 23.8 Å². The molecule has 0 saturated heterocycles. The topological polar surface area (TPSA) is 55.4 Å². The van der Waals surface area contributed by atoms with Crippen LogP contribution in [0, 0.1) is 11.8 Å². The fourth-order valence-electron chi connectivity index (χ4n) is 3.60. The van der Waals surface area contributed by atoms with E-state index in [4.69, 9.17) is 39.5 Å². The minimum atomic E-state index is -2.02. The Morgan fingerprint density at radius 1 is 1.04 bits per heavy atom. The van der Waals surface area contributed by atoms with Gasteiger partial charge in [0.25, 0.3) is 9.70 Å². The number of carbonyl (C=O) groups is 2. The Morgan fingerprint density at radius 2 is 1.68 bits per heavy atom. The van der Waals surface area contributed by atoms with Crippen LogP contribution in [0.15, 0.2) is 0 Å². The van der Waals surface area contributed by atoms with Crippen molar-refractivity contribution in [2.24, 2.45) is 11.8 Å². The van der Waals surface area contributed by atoms with E-state index in [1.54, 1.807) is 6.92 Å². The average Bonchev–Trinajstić information content (AvgIpc) is 2.92. The fourth-order valence-corrected chi connectivity index (χ4v) is 3.76. The molecule has 1 aliphatic rings. The van der Waals surface area contributed by atoms with E-state index >= 15 is 0 Å². The molecular formula is C18H30Cl3NO3. The molecule has 1 saturated carbocycles. The van der Waals surface area contributed by atoms with Crippen LogP contribution in [0.25, 0.3) is 0 Å². The van der Waals surface area contributed by atoms with Crippen LogP contribution in [0.5, 0.6) is 0 Å². The Morgan fingerprint density at radius 3 is 2.28 bits per heavy atom. The predicted molar refractivity (Wildman–Crippen MR) is 103 cm³/mol. The van der Waals surface area contributed by atoms with Crippen molar-refractivity contribution in [2.45, 2.75) is 81.5 Å². The zero-order valence-corrected chi connectivity index (χ0v) is 17.4. The van der Waals surface area contributed by atoms with Gasteiger partial charge in [-0.15, -0.1) is 0 Å². The van der Waals surface area contributed by atoms with Gasteiger partial charge in [0.15, 0.2) is 0 Å². The summed E-state index contributed by atoms with van der Waals surface area (Å²) >= 11 is 16.9. The lowest BCUT2D eigenvalue weighted by Gasteiger charge is -2.25. The van der Waals surface area contributed by atoms with Gasteiger partial charge in [0.05, 0.1) is 12.5 Å². The summed E-state index contributed by atoms with van der Waals surface area (Å²) in [5.74, 6) is -1.08. The SMILES string of the molecule is CCCCCCCCC1CCC(NC(=O)C(Cl)(Cl)Cl)C1C(=O)OCC. The van der Waals surface area contributed by atoms with Crippen molar-refractivity contribution in [3.05, 3.63) is 0 Å². The maximum Gasteiger partial charge on any atom is 0.311 e. The van der Waals surface area contributed by atoms with E-state index in [1.165, 1.54) is 32.1 Å². The standard InChI is InChI=1S/C18H30Cl3NO3/c1-3-5-6-7-8-9-10-13-11-12-14(15(13)16(23)25-4-2)22-17(24)18(19,20)21/h13-15H,3-12H2,1-2H3,(H,22,24). The van der Waals surface area contributed by atoms with E-state index in [1.807, 2.05) is 0 Å². The third-order valence-electron chi connectivity index (χ3n) is 4.85. The molecule has 3 unspecified atom stereocenters. The number of esters is 1. The monoisotopic (exact) mass is 413 g/mol. The van der Waals surface area contributed by atoms with Gasteiger partial charge in [0, 0.05) is 6.04 Å². The minimum Gasteiger partial charge on any atom is -0.466 e. The van der Waals surface area contributed by atoms with Crippen LogP contribution in [0.3, 0.4) is 0 Å². The van der Waals surface area contributed by atoms with E-state index < -0.39 is 9.70 Å². The smallest absolute Gasteiger partial charge is 0.311 e. The van der Waals surface area contributed by atoms with Gasteiger partial charge in [-0.3, -0.25) is 9.59 Å². The van der Waals surface area contributed by atoms with Crippen LogP contribution in [-0.2, 0) is 14.3 Å². The molecule has 7 heteroatoms. The number of hydrogen-bond donors (Lipinski definition) is 1. The molecule has 146 valence electrons. The van der Waals surface area contributed by atoms with Crippen molar-refractivity contribution in [2.75, 3.05) is 6.61 Å². The second-order valence-electron chi connectivity index (χ2n) is 6.75. The van der Waals surface area contributed by atoms with Crippen LogP contribution < -0.4 is 5.32 Å². The van der Waals surface area contributed by atoms with E-state index in [0.29, 0.717) is 13.0 Å². The molecule has 0 heterocycles. The van der Waals surface area contributed by atoms with Gasteiger partial charge in [-0.1, -0.05) is 80.3 Å². The molecule has 0 aromatic heterocycles. The number of hydrogen-bond acceptors (Lipinski definition) is 3. The molecule has 1 N–H and O–H groups in total. The lowest BCUT2D eigenvalue weighted by atomic mass is 9.88. The number of alkyl halides is 3. The van der Waals surface area contributed by atoms with Crippen molar-refractivity contribution in [3.63, 3.8) is 0 Å². The van der Waals surface area contributed by atoms with Crippen LogP contribution in [0.2, 0.25) is 0 Å². The highest BCUT2D eigenvalue weighted by molar-refractivity contribution is 6.76. The summed E-state index contributed by atoms with van der Waals surface area (Å²) in [6, 6.07) is -0.327. The van der Waals surface area contributed by atoms with Crippen molar-refractivity contribution in [1.29, 1.82) is 0 Å². The molecule has 1 aliphatic carbocycles. The molecular weight excluding hydrogens is 385 g/mol. The number of carbonyl (C=O) groups excluding carboxylic acids is 2. The highest BCUT2D eigenvalue weighted by Gasteiger charge is 2.44. The first-order valence-electron chi connectivity index (χ1n) is 9.35. The third-order valence-corrected chi connectivity index (χ3v) is 5.37. The Hall–Kier alpha value is -0.190. The minimum absolute atomic E-state index is 0.214. The quantitative estimate of drug-likeness (QED) is 0.304. The van der Waals surface area contributed by atoms with E-state index in [9.17, 15) is 9.59 Å². The molecule has 1 fully saturated rings. The van der Waals surface area contributed by atoms with Crippen LogP contribution >= 0.6 is 34.8 Å². The first-order valence-corrected chi connectivity index (χ1v) is 10.5. The molecule has 25 heavy (non-hydrogen) atoms. The maximum atomic E-state index is 12.4. The maximum absolute atomic E-state index is 12.4. The van der Waals surface area contributed by atoms with Gasteiger partial charge in [-0.25, -0.2) is 0 Å². The largest absolute Gasteiger partial charge is 0.466 e. The lowest BCUT2D eigenvalue weighted by Crippen LogP contribution is -2.46. The van der Waals surface area contributed by atoms with Gasteiger partial charge in [0.1, 0.15) is 0 Å². The molecule has 1 amide bonds.